The predicted molar refractivity (Wildman–Crippen MR) is 127 cm³/mol. The molecule has 0 aliphatic carbocycles. The maximum absolute atomic E-state index is 5.62. The summed E-state index contributed by atoms with van der Waals surface area (Å²) in [6.07, 6.45) is 4.43. The number of aryl methyl sites for hydroxylation is 2. The van der Waals surface area contributed by atoms with Crippen molar-refractivity contribution in [3.05, 3.63) is 71.9 Å². The van der Waals surface area contributed by atoms with Crippen LogP contribution in [0.25, 0.3) is 49.0 Å². The van der Waals surface area contributed by atoms with Gasteiger partial charge in [-0.1, -0.05) is 36.4 Å². The standard InChI is InChI=1S/C28H25N2O/c1-17-6-8-22-21-9-7-20(18-11-14-31-15-12-18)16-24(21)30-23-5-3-4-19-10-13-29(2)28(26(19)23)25(17)27(22)30/h3-10,13,16,18H,11-12,14-15H2,1-2H3/q+1. The molecule has 152 valence electrons. The molecule has 0 N–H and O–H groups in total. The second-order valence-corrected chi connectivity index (χ2v) is 9.17. The van der Waals surface area contributed by atoms with Gasteiger partial charge >= 0.3 is 0 Å². The van der Waals surface area contributed by atoms with E-state index in [1.165, 1.54) is 60.1 Å². The number of fused-ring (bicyclic) bond motifs is 5. The fourth-order valence-electron chi connectivity index (χ4n) is 5.94. The molecule has 0 amide bonds. The van der Waals surface area contributed by atoms with Crippen LogP contribution in [0.4, 0.5) is 0 Å². The Balaban J connectivity index is 1.74. The van der Waals surface area contributed by atoms with Gasteiger partial charge in [-0.3, -0.25) is 0 Å². The molecule has 4 heterocycles. The average Bonchev–Trinajstić information content (AvgIpc) is 3.14. The molecule has 0 spiro atoms. The van der Waals surface area contributed by atoms with Crippen LogP contribution in [0.1, 0.15) is 29.9 Å². The zero-order chi connectivity index (χ0) is 20.7. The lowest BCUT2D eigenvalue weighted by Gasteiger charge is -2.22. The number of hydrogen-bond acceptors (Lipinski definition) is 1. The zero-order valence-electron chi connectivity index (χ0n) is 18.0. The molecular weight excluding hydrogens is 380 g/mol. The first-order valence-electron chi connectivity index (χ1n) is 11.3. The van der Waals surface area contributed by atoms with Gasteiger partial charge < -0.3 is 9.14 Å². The van der Waals surface area contributed by atoms with Crippen LogP contribution in [0.2, 0.25) is 0 Å². The van der Waals surface area contributed by atoms with Crippen LogP contribution in [0.15, 0.2) is 60.8 Å². The molecule has 3 heteroatoms. The zero-order valence-corrected chi connectivity index (χ0v) is 18.0. The van der Waals surface area contributed by atoms with Gasteiger partial charge in [-0.2, -0.15) is 0 Å². The van der Waals surface area contributed by atoms with Crippen molar-refractivity contribution in [1.82, 2.24) is 4.40 Å². The lowest BCUT2D eigenvalue weighted by atomic mass is 9.91. The summed E-state index contributed by atoms with van der Waals surface area (Å²) in [5, 5.41) is 6.72. The number of pyridine rings is 2. The smallest absolute Gasteiger partial charge is 0.224 e. The first-order chi connectivity index (χ1) is 15.2. The van der Waals surface area contributed by atoms with Crippen LogP contribution in [-0.4, -0.2) is 17.6 Å². The Morgan fingerprint density at radius 3 is 2.61 bits per heavy atom. The minimum absolute atomic E-state index is 0.592. The average molecular weight is 406 g/mol. The first kappa shape index (κ1) is 17.5. The van der Waals surface area contributed by atoms with Crippen molar-refractivity contribution in [3.63, 3.8) is 0 Å². The second-order valence-electron chi connectivity index (χ2n) is 9.17. The topological polar surface area (TPSA) is 17.5 Å². The molecule has 3 aromatic carbocycles. The third kappa shape index (κ3) is 2.25. The highest BCUT2D eigenvalue weighted by atomic mass is 16.5. The van der Waals surface area contributed by atoms with Crippen LogP contribution < -0.4 is 4.57 Å². The quantitative estimate of drug-likeness (QED) is 0.186. The molecule has 3 nitrogen and oxygen atoms in total. The van der Waals surface area contributed by atoms with Crippen LogP contribution in [0, 0.1) is 6.92 Å². The monoisotopic (exact) mass is 405 g/mol. The Morgan fingerprint density at radius 1 is 0.903 bits per heavy atom. The number of ether oxygens (including phenoxy) is 1. The number of nitrogens with zero attached hydrogens (tertiary/aromatic N) is 2. The molecule has 1 saturated heterocycles. The van der Waals surface area contributed by atoms with Crippen LogP contribution in [0.3, 0.4) is 0 Å². The van der Waals surface area contributed by atoms with E-state index in [-0.39, 0.29) is 0 Å². The van der Waals surface area contributed by atoms with E-state index in [9.17, 15) is 0 Å². The normalized spacial score (nSPS) is 15.9. The van der Waals surface area contributed by atoms with Gasteiger partial charge in [0.15, 0.2) is 6.20 Å². The van der Waals surface area contributed by atoms with E-state index in [0.717, 1.165) is 26.1 Å². The molecule has 31 heavy (non-hydrogen) atoms. The molecule has 0 bridgehead atoms. The van der Waals surface area contributed by atoms with E-state index in [1.54, 1.807) is 0 Å². The van der Waals surface area contributed by atoms with E-state index >= 15 is 0 Å². The van der Waals surface area contributed by atoms with Crippen molar-refractivity contribution in [1.29, 1.82) is 0 Å². The van der Waals surface area contributed by atoms with E-state index < -0.39 is 0 Å². The van der Waals surface area contributed by atoms with Crippen molar-refractivity contribution < 1.29 is 9.30 Å². The van der Waals surface area contributed by atoms with Crippen molar-refractivity contribution in [3.8, 4) is 0 Å². The summed E-state index contributed by atoms with van der Waals surface area (Å²) in [5.74, 6) is 0.592. The molecule has 3 aromatic heterocycles. The summed E-state index contributed by atoms with van der Waals surface area (Å²) >= 11 is 0. The van der Waals surface area contributed by atoms with E-state index in [0.29, 0.717) is 5.92 Å². The lowest BCUT2D eigenvalue weighted by Crippen LogP contribution is -2.28. The molecule has 0 atom stereocenters. The SMILES string of the molecule is Cc1ccc2c3ccc(C4CCOCC4)cc3n3c4cccc5cc[n+](C)c(c1c23)c54. The Kier molecular flexibility index (Phi) is 3.49. The van der Waals surface area contributed by atoms with Gasteiger partial charge in [0.25, 0.3) is 0 Å². The molecule has 1 aliphatic heterocycles. The molecule has 0 unspecified atom stereocenters. The highest BCUT2D eigenvalue weighted by Crippen LogP contribution is 2.41. The second kappa shape index (κ2) is 6.18. The molecule has 1 aliphatic rings. The van der Waals surface area contributed by atoms with Gasteiger partial charge in [0.1, 0.15) is 7.05 Å². The van der Waals surface area contributed by atoms with Crippen LogP contribution >= 0.6 is 0 Å². The molecule has 0 radical (unpaired) electrons. The molecule has 1 fully saturated rings. The van der Waals surface area contributed by atoms with Crippen molar-refractivity contribution in [2.24, 2.45) is 7.05 Å². The minimum Gasteiger partial charge on any atom is -0.381 e. The van der Waals surface area contributed by atoms with Crippen molar-refractivity contribution in [2.75, 3.05) is 13.2 Å². The Morgan fingerprint density at radius 2 is 1.74 bits per heavy atom. The highest BCUT2D eigenvalue weighted by molar-refractivity contribution is 6.25. The van der Waals surface area contributed by atoms with E-state index in [1.807, 2.05) is 0 Å². The van der Waals surface area contributed by atoms with Crippen LogP contribution in [-0.2, 0) is 11.8 Å². The maximum Gasteiger partial charge on any atom is 0.224 e. The Hall–Kier alpha value is -3.17. The number of aromatic nitrogens is 2. The van der Waals surface area contributed by atoms with Gasteiger partial charge in [-0.05, 0) is 54.3 Å². The Labute approximate surface area is 180 Å². The number of hydrogen-bond donors (Lipinski definition) is 0. The molecular formula is C28H25N2O+. The van der Waals surface area contributed by atoms with Crippen molar-refractivity contribution >= 4 is 49.0 Å². The summed E-state index contributed by atoms with van der Waals surface area (Å²) in [7, 11) is 2.17. The third-order valence-electron chi connectivity index (χ3n) is 7.48. The summed E-state index contributed by atoms with van der Waals surface area (Å²) in [5.41, 5.74) is 8.09. The summed E-state index contributed by atoms with van der Waals surface area (Å²) in [4.78, 5) is 0. The summed E-state index contributed by atoms with van der Waals surface area (Å²) in [6, 6.07) is 20.7. The van der Waals surface area contributed by atoms with E-state index in [4.69, 9.17) is 4.74 Å². The fourth-order valence-corrected chi connectivity index (χ4v) is 5.94. The lowest BCUT2D eigenvalue weighted by molar-refractivity contribution is -0.643. The van der Waals surface area contributed by atoms with Gasteiger partial charge in [0.2, 0.25) is 5.52 Å². The maximum atomic E-state index is 5.62. The number of benzene rings is 3. The number of rotatable bonds is 1. The van der Waals surface area contributed by atoms with Gasteiger partial charge in [0, 0.05) is 30.1 Å². The highest BCUT2D eigenvalue weighted by Gasteiger charge is 2.24. The van der Waals surface area contributed by atoms with Crippen LogP contribution in [0.5, 0.6) is 0 Å². The van der Waals surface area contributed by atoms with E-state index in [2.05, 4.69) is 83.7 Å². The molecule has 7 rings (SSSR count). The predicted octanol–water partition coefficient (Wildman–Crippen LogP) is 6.02. The van der Waals surface area contributed by atoms with Gasteiger partial charge in [0.05, 0.1) is 27.3 Å². The van der Waals surface area contributed by atoms with Gasteiger partial charge in [-0.15, -0.1) is 0 Å². The van der Waals surface area contributed by atoms with Gasteiger partial charge in [-0.25, -0.2) is 4.57 Å². The molecule has 6 aromatic rings. The first-order valence-corrected chi connectivity index (χ1v) is 11.3. The largest absolute Gasteiger partial charge is 0.381 e. The fraction of sp³-hybridized carbons (Fsp3) is 0.250. The van der Waals surface area contributed by atoms with Crippen molar-refractivity contribution in [2.45, 2.75) is 25.7 Å². The summed E-state index contributed by atoms with van der Waals surface area (Å²) in [6.45, 7) is 3.99. The molecule has 0 saturated carbocycles. The summed E-state index contributed by atoms with van der Waals surface area (Å²) < 4.78 is 10.4. The minimum atomic E-state index is 0.592. The Bertz CT molecular complexity index is 1640. The third-order valence-corrected chi connectivity index (χ3v) is 7.48.